The molecule has 0 radical (unpaired) electrons. The molecule has 0 bridgehead atoms. The summed E-state index contributed by atoms with van der Waals surface area (Å²) in [6.07, 6.45) is 14.1. The first-order chi connectivity index (χ1) is 14.6. The summed E-state index contributed by atoms with van der Waals surface area (Å²) in [6.45, 7) is 14.8. The van der Waals surface area contributed by atoms with Gasteiger partial charge in [-0.3, -0.25) is 4.79 Å². The highest BCUT2D eigenvalue weighted by Crippen LogP contribution is 2.42. The van der Waals surface area contributed by atoms with Gasteiger partial charge in [-0.25, -0.2) is 4.57 Å². The number of nitrogens with zero attached hydrogens (tertiary/aromatic N) is 1. The van der Waals surface area contributed by atoms with Crippen molar-refractivity contribution >= 4 is 5.97 Å². The van der Waals surface area contributed by atoms with E-state index in [-0.39, 0.29) is 6.42 Å². The van der Waals surface area contributed by atoms with Gasteiger partial charge in [0.25, 0.3) is 0 Å². The minimum absolute atomic E-state index is 0.0903. The Labute approximate surface area is 190 Å². The van der Waals surface area contributed by atoms with E-state index in [0.717, 1.165) is 31.4 Å². The molecule has 0 spiro atoms. The quantitative estimate of drug-likeness (QED) is 0.239. The zero-order chi connectivity index (χ0) is 23.0. The third kappa shape index (κ3) is 8.27. The first kappa shape index (κ1) is 25.4. The molecule has 0 amide bonds. The number of pyridine rings is 1. The third-order valence-electron chi connectivity index (χ3n) is 6.68. The van der Waals surface area contributed by atoms with Gasteiger partial charge in [0.05, 0.1) is 6.42 Å². The fourth-order valence-electron chi connectivity index (χ4n) is 4.98. The average molecular weight is 427 g/mol. The monoisotopic (exact) mass is 426 g/mol. The highest BCUT2D eigenvalue weighted by molar-refractivity contribution is 5.69. The molecular formula is C28H44NO2+. The van der Waals surface area contributed by atoms with E-state index in [1.165, 1.54) is 43.4 Å². The Morgan fingerprint density at radius 3 is 2.65 bits per heavy atom. The Morgan fingerprint density at radius 2 is 2.00 bits per heavy atom. The van der Waals surface area contributed by atoms with E-state index in [0.29, 0.717) is 11.3 Å². The molecule has 0 saturated heterocycles. The Hall–Kier alpha value is -1.90. The molecule has 1 aromatic heterocycles. The number of hydrogen-bond acceptors (Lipinski definition) is 1. The van der Waals surface area contributed by atoms with E-state index in [1.807, 2.05) is 12.3 Å². The summed E-state index contributed by atoms with van der Waals surface area (Å²) in [6, 6.07) is 4.10. The molecule has 3 nitrogen and oxygen atoms in total. The van der Waals surface area contributed by atoms with Crippen molar-refractivity contribution in [3.05, 3.63) is 52.4 Å². The van der Waals surface area contributed by atoms with Crippen LogP contribution in [0.4, 0.5) is 0 Å². The molecule has 0 aliphatic heterocycles. The van der Waals surface area contributed by atoms with Crippen molar-refractivity contribution in [3.8, 4) is 0 Å². The van der Waals surface area contributed by atoms with Gasteiger partial charge >= 0.3 is 5.97 Å². The fraction of sp³-hybridized carbons (Fsp3) is 0.643. The zero-order valence-electron chi connectivity index (χ0n) is 20.8. The standard InChI is InChI=1S/C28H43NO2/c1-21(2)19-29-20-24(18-27(30)31)14-15-25(29)12-8-7-10-22(3)13-16-26-23(4)11-9-17-28(26,5)6/h10,14-15,20-21H,7-9,11-13,16-19H2,1-6H3/p+1/b22-10+. The Bertz CT molecular complexity index is 814. The van der Waals surface area contributed by atoms with Gasteiger partial charge in [0.1, 0.15) is 0 Å². The Kier molecular flexibility index (Phi) is 9.53. The first-order valence-electron chi connectivity index (χ1n) is 12.2. The number of aliphatic carboxylic acids is 1. The summed E-state index contributed by atoms with van der Waals surface area (Å²) in [5.41, 5.74) is 7.39. The van der Waals surface area contributed by atoms with Crippen molar-refractivity contribution < 1.29 is 14.5 Å². The number of rotatable bonds is 11. The summed E-state index contributed by atoms with van der Waals surface area (Å²) in [4.78, 5) is 11.1. The summed E-state index contributed by atoms with van der Waals surface area (Å²) >= 11 is 0. The lowest BCUT2D eigenvalue weighted by atomic mass is 9.71. The maximum absolute atomic E-state index is 11.1. The number of unbranched alkanes of at least 4 members (excludes halogenated alkanes) is 1. The molecule has 0 saturated carbocycles. The van der Waals surface area contributed by atoms with Gasteiger partial charge in [0.15, 0.2) is 18.4 Å². The number of aromatic nitrogens is 1. The molecule has 2 rings (SSSR count). The normalized spacial score (nSPS) is 16.8. The van der Waals surface area contributed by atoms with E-state index in [9.17, 15) is 4.79 Å². The SMILES string of the molecule is CC1=C(CC/C(C)=C/CCCc2ccc(CC(=O)O)c[n+]2CC(C)C)C(C)(C)CCC1. The number of allylic oxidation sites excluding steroid dienone is 4. The van der Waals surface area contributed by atoms with Crippen LogP contribution in [0.25, 0.3) is 0 Å². The maximum atomic E-state index is 11.1. The predicted octanol–water partition coefficient (Wildman–Crippen LogP) is 6.83. The van der Waals surface area contributed by atoms with Crippen LogP contribution in [0.1, 0.15) is 97.7 Å². The van der Waals surface area contributed by atoms with Gasteiger partial charge in [0.2, 0.25) is 0 Å². The number of carbonyl (C=O) groups is 1. The number of carboxylic acid groups (broad SMARTS) is 1. The highest BCUT2D eigenvalue weighted by atomic mass is 16.4. The van der Waals surface area contributed by atoms with Gasteiger partial charge in [-0.15, -0.1) is 0 Å². The van der Waals surface area contributed by atoms with E-state index in [2.05, 4.69) is 58.3 Å². The van der Waals surface area contributed by atoms with Gasteiger partial charge < -0.3 is 5.11 Å². The molecule has 0 aromatic carbocycles. The lowest BCUT2D eigenvalue weighted by Gasteiger charge is -2.35. The minimum atomic E-state index is -0.771. The van der Waals surface area contributed by atoms with Crippen molar-refractivity contribution in [3.63, 3.8) is 0 Å². The lowest BCUT2D eigenvalue weighted by Crippen LogP contribution is -2.41. The van der Waals surface area contributed by atoms with E-state index >= 15 is 0 Å². The number of aryl methyl sites for hydroxylation is 1. The molecule has 1 aliphatic carbocycles. The second-order valence-electron chi connectivity index (χ2n) is 10.6. The van der Waals surface area contributed by atoms with Crippen molar-refractivity contribution in [1.29, 1.82) is 0 Å². The second-order valence-corrected chi connectivity index (χ2v) is 10.6. The van der Waals surface area contributed by atoms with Gasteiger partial charge in [-0.05, 0) is 70.3 Å². The molecule has 1 heterocycles. The van der Waals surface area contributed by atoms with Crippen molar-refractivity contribution in [2.75, 3.05) is 0 Å². The van der Waals surface area contributed by atoms with Crippen LogP contribution < -0.4 is 4.57 Å². The van der Waals surface area contributed by atoms with E-state index in [1.54, 1.807) is 11.1 Å². The van der Waals surface area contributed by atoms with Crippen LogP contribution in [-0.2, 0) is 24.2 Å². The Morgan fingerprint density at radius 1 is 1.26 bits per heavy atom. The van der Waals surface area contributed by atoms with Gasteiger partial charge in [-0.1, -0.05) is 50.5 Å². The first-order valence-corrected chi connectivity index (χ1v) is 12.2. The predicted molar refractivity (Wildman–Crippen MR) is 129 cm³/mol. The molecule has 172 valence electrons. The minimum Gasteiger partial charge on any atom is -0.481 e. The summed E-state index contributed by atoms with van der Waals surface area (Å²) < 4.78 is 2.26. The topological polar surface area (TPSA) is 41.2 Å². The molecule has 3 heteroatoms. The van der Waals surface area contributed by atoms with E-state index < -0.39 is 5.97 Å². The summed E-state index contributed by atoms with van der Waals surface area (Å²) in [5, 5.41) is 9.09. The molecule has 0 fully saturated rings. The van der Waals surface area contributed by atoms with Crippen molar-refractivity contribution in [1.82, 2.24) is 0 Å². The lowest BCUT2D eigenvalue weighted by molar-refractivity contribution is -0.709. The molecule has 1 N–H and O–H groups in total. The van der Waals surface area contributed by atoms with Crippen molar-refractivity contribution in [2.45, 2.75) is 106 Å². The molecule has 1 aromatic rings. The van der Waals surface area contributed by atoms with Crippen LogP contribution >= 0.6 is 0 Å². The van der Waals surface area contributed by atoms with E-state index in [4.69, 9.17) is 5.11 Å². The average Bonchev–Trinajstić information content (AvgIpc) is 2.64. The molecule has 1 aliphatic rings. The number of hydrogen-bond donors (Lipinski definition) is 1. The van der Waals surface area contributed by atoms with Crippen LogP contribution in [0.5, 0.6) is 0 Å². The zero-order valence-corrected chi connectivity index (χ0v) is 20.8. The van der Waals surface area contributed by atoms with Gasteiger partial charge in [-0.2, -0.15) is 0 Å². The largest absolute Gasteiger partial charge is 0.481 e. The van der Waals surface area contributed by atoms with Crippen LogP contribution in [0, 0.1) is 11.3 Å². The summed E-state index contributed by atoms with van der Waals surface area (Å²) in [7, 11) is 0. The Balaban J connectivity index is 1.90. The molecule has 0 unspecified atom stereocenters. The maximum Gasteiger partial charge on any atom is 0.308 e. The molecule has 31 heavy (non-hydrogen) atoms. The fourth-order valence-corrected chi connectivity index (χ4v) is 4.98. The summed E-state index contributed by atoms with van der Waals surface area (Å²) in [5.74, 6) is -0.236. The number of carboxylic acids is 1. The second kappa shape index (κ2) is 11.6. The van der Waals surface area contributed by atoms with Crippen LogP contribution in [0.3, 0.4) is 0 Å². The highest BCUT2D eigenvalue weighted by Gasteiger charge is 2.27. The smallest absolute Gasteiger partial charge is 0.308 e. The van der Waals surface area contributed by atoms with Crippen LogP contribution in [0.2, 0.25) is 0 Å². The van der Waals surface area contributed by atoms with Crippen LogP contribution in [-0.4, -0.2) is 11.1 Å². The van der Waals surface area contributed by atoms with Crippen molar-refractivity contribution in [2.24, 2.45) is 11.3 Å². The third-order valence-corrected chi connectivity index (χ3v) is 6.68. The molecular weight excluding hydrogens is 382 g/mol. The molecule has 0 atom stereocenters. The van der Waals surface area contributed by atoms with Gasteiger partial charge in [0, 0.05) is 24.0 Å². The van der Waals surface area contributed by atoms with Crippen LogP contribution in [0.15, 0.2) is 41.1 Å².